The maximum absolute atomic E-state index is 12.1. The highest BCUT2D eigenvalue weighted by Crippen LogP contribution is 2.30. The van der Waals surface area contributed by atoms with Gasteiger partial charge in [-0.15, -0.1) is 0 Å². The standard InChI is InChI=1S/C16H20N2O3/c19-16(18-17-13-5-3-1-2-4-6-13)12-7-8-14-15(11-12)21-10-9-20-14/h7-8,11H,1-6,9-10H2,(H,18,19). The molecule has 3 rings (SSSR count). The van der Waals surface area contributed by atoms with Gasteiger partial charge in [0.05, 0.1) is 0 Å². The number of fused-ring (bicyclic) bond motifs is 1. The van der Waals surface area contributed by atoms with Crippen molar-refractivity contribution in [3.05, 3.63) is 23.8 Å². The molecular weight excluding hydrogens is 268 g/mol. The highest BCUT2D eigenvalue weighted by atomic mass is 16.6. The number of carbonyl (C=O) groups excluding carboxylic acids is 1. The van der Waals surface area contributed by atoms with Gasteiger partial charge in [-0.1, -0.05) is 12.8 Å². The summed E-state index contributed by atoms with van der Waals surface area (Å²) in [6.45, 7) is 1.06. The van der Waals surface area contributed by atoms with Gasteiger partial charge in [0.15, 0.2) is 11.5 Å². The van der Waals surface area contributed by atoms with E-state index in [1.54, 1.807) is 18.2 Å². The number of nitrogens with zero attached hydrogens (tertiary/aromatic N) is 1. The van der Waals surface area contributed by atoms with E-state index in [2.05, 4.69) is 10.5 Å². The van der Waals surface area contributed by atoms with Crippen LogP contribution in [0.4, 0.5) is 0 Å². The number of rotatable bonds is 2. The third-order valence-corrected chi connectivity index (χ3v) is 3.80. The Morgan fingerprint density at radius 1 is 1.00 bits per heavy atom. The number of amides is 1. The SMILES string of the molecule is O=C(NN=C1CCCCCC1)c1ccc2c(c1)OCCO2. The van der Waals surface area contributed by atoms with Crippen LogP contribution in [0.1, 0.15) is 48.9 Å². The summed E-state index contributed by atoms with van der Waals surface area (Å²) >= 11 is 0. The first kappa shape index (κ1) is 13.9. The zero-order valence-corrected chi connectivity index (χ0v) is 12.1. The Hall–Kier alpha value is -2.04. The molecule has 0 atom stereocenters. The van der Waals surface area contributed by atoms with Gasteiger partial charge >= 0.3 is 0 Å². The molecule has 0 bridgehead atoms. The molecule has 0 saturated heterocycles. The van der Waals surface area contributed by atoms with E-state index in [0.717, 1.165) is 18.6 Å². The smallest absolute Gasteiger partial charge is 0.271 e. The summed E-state index contributed by atoms with van der Waals surface area (Å²) < 4.78 is 10.9. The Kier molecular flexibility index (Phi) is 4.38. The maximum Gasteiger partial charge on any atom is 0.271 e. The zero-order chi connectivity index (χ0) is 14.5. The second-order valence-electron chi connectivity index (χ2n) is 5.39. The molecule has 21 heavy (non-hydrogen) atoms. The van der Waals surface area contributed by atoms with Gasteiger partial charge in [-0.25, -0.2) is 5.43 Å². The van der Waals surface area contributed by atoms with E-state index in [1.807, 2.05) is 0 Å². The fraction of sp³-hybridized carbons (Fsp3) is 0.500. The van der Waals surface area contributed by atoms with Crippen LogP contribution in [0.2, 0.25) is 0 Å². The first-order valence-corrected chi connectivity index (χ1v) is 7.58. The molecule has 1 aromatic carbocycles. The monoisotopic (exact) mass is 288 g/mol. The minimum Gasteiger partial charge on any atom is -0.486 e. The highest BCUT2D eigenvalue weighted by Gasteiger charge is 2.15. The fourth-order valence-electron chi connectivity index (χ4n) is 2.63. The number of benzene rings is 1. The molecule has 2 aliphatic rings. The van der Waals surface area contributed by atoms with Gasteiger partial charge in [-0.2, -0.15) is 5.10 Å². The van der Waals surface area contributed by atoms with E-state index in [0.29, 0.717) is 30.3 Å². The van der Waals surface area contributed by atoms with Crippen molar-refractivity contribution >= 4 is 11.6 Å². The lowest BCUT2D eigenvalue weighted by Gasteiger charge is -2.18. The Morgan fingerprint density at radius 3 is 2.48 bits per heavy atom. The molecule has 5 nitrogen and oxygen atoms in total. The van der Waals surface area contributed by atoms with Gasteiger partial charge in [0.1, 0.15) is 13.2 Å². The van der Waals surface area contributed by atoms with E-state index in [1.165, 1.54) is 25.7 Å². The third-order valence-electron chi connectivity index (χ3n) is 3.80. The number of carbonyl (C=O) groups is 1. The van der Waals surface area contributed by atoms with E-state index in [9.17, 15) is 4.79 Å². The van der Waals surface area contributed by atoms with Gasteiger partial charge in [0, 0.05) is 11.3 Å². The topological polar surface area (TPSA) is 59.9 Å². The molecule has 1 aromatic rings. The van der Waals surface area contributed by atoms with Crippen LogP contribution in [0, 0.1) is 0 Å². The Bertz CT molecular complexity index is 544. The van der Waals surface area contributed by atoms with Crippen molar-refractivity contribution in [1.29, 1.82) is 0 Å². The molecule has 0 unspecified atom stereocenters. The third kappa shape index (κ3) is 3.54. The van der Waals surface area contributed by atoms with E-state index in [4.69, 9.17) is 9.47 Å². The van der Waals surface area contributed by atoms with Gasteiger partial charge in [0.2, 0.25) is 0 Å². The van der Waals surface area contributed by atoms with Crippen molar-refractivity contribution in [1.82, 2.24) is 5.43 Å². The van der Waals surface area contributed by atoms with E-state index < -0.39 is 0 Å². The molecule has 1 aliphatic carbocycles. The predicted molar refractivity (Wildman–Crippen MR) is 80.0 cm³/mol. The van der Waals surface area contributed by atoms with Crippen molar-refractivity contribution in [2.75, 3.05) is 13.2 Å². The lowest BCUT2D eigenvalue weighted by Crippen LogP contribution is -2.21. The molecule has 112 valence electrons. The van der Waals surface area contributed by atoms with Crippen molar-refractivity contribution < 1.29 is 14.3 Å². The second kappa shape index (κ2) is 6.61. The van der Waals surface area contributed by atoms with Crippen LogP contribution in [0.25, 0.3) is 0 Å². The van der Waals surface area contributed by atoms with Gasteiger partial charge in [0.25, 0.3) is 5.91 Å². The first-order valence-electron chi connectivity index (χ1n) is 7.58. The van der Waals surface area contributed by atoms with Gasteiger partial charge in [-0.05, 0) is 43.9 Å². The average Bonchev–Trinajstić information content (AvgIpc) is 2.81. The lowest BCUT2D eigenvalue weighted by atomic mass is 10.2. The Balaban J connectivity index is 1.66. The molecule has 1 fully saturated rings. The molecule has 0 aromatic heterocycles. The van der Waals surface area contributed by atoms with Crippen LogP contribution >= 0.6 is 0 Å². The predicted octanol–water partition coefficient (Wildman–Crippen LogP) is 2.90. The van der Waals surface area contributed by atoms with Crippen LogP contribution < -0.4 is 14.9 Å². The number of nitrogens with one attached hydrogen (secondary N) is 1. The van der Waals surface area contributed by atoms with Crippen molar-refractivity contribution in [3.8, 4) is 11.5 Å². The van der Waals surface area contributed by atoms with Crippen LogP contribution in [0.15, 0.2) is 23.3 Å². The Labute approximate surface area is 124 Å². The number of ether oxygens (including phenoxy) is 2. The Morgan fingerprint density at radius 2 is 1.71 bits per heavy atom. The largest absolute Gasteiger partial charge is 0.486 e. The second-order valence-corrected chi connectivity index (χ2v) is 5.39. The van der Waals surface area contributed by atoms with Crippen molar-refractivity contribution in [2.24, 2.45) is 5.10 Å². The van der Waals surface area contributed by atoms with Crippen molar-refractivity contribution in [3.63, 3.8) is 0 Å². The van der Waals surface area contributed by atoms with Gasteiger partial charge in [-0.3, -0.25) is 4.79 Å². The highest BCUT2D eigenvalue weighted by molar-refractivity contribution is 5.96. The van der Waals surface area contributed by atoms with Crippen LogP contribution in [-0.4, -0.2) is 24.8 Å². The fourth-order valence-corrected chi connectivity index (χ4v) is 2.63. The van der Waals surface area contributed by atoms with E-state index >= 15 is 0 Å². The molecule has 1 aliphatic heterocycles. The minimum atomic E-state index is -0.205. The summed E-state index contributed by atoms with van der Waals surface area (Å²) in [5.41, 5.74) is 4.29. The molecular formula is C16H20N2O3. The molecule has 1 heterocycles. The van der Waals surface area contributed by atoms with Crippen molar-refractivity contribution in [2.45, 2.75) is 38.5 Å². The van der Waals surface area contributed by atoms with Crippen LogP contribution in [0.5, 0.6) is 11.5 Å². The number of hydrogen-bond acceptors (Lipinski definition) is 4. The summed E-state index contributed by atoms with van der Waals surface area (Å²) in [5.74, 6) is 1.10. The molecule has 5 heteroatoms. The average molecular weight is 288 g/mol. The number of hydrazone groups is 1. The maximum atomic E-state index is 12.1. The summed E-state index contributed by atoms with van der Waals surface area (Å²) in [6, 6.07) is 5.20. The van der Waals surface area contributed by atoms with Crippen LogP contribution in [0.3, 0.4) is 0 Å². The zero-order valence-electron chi connectivity index (χ0n) is 12.1. The van der Waals surface area contributed by atoms with Gasteiger partial charge < -0.3 is 9.47 Å². The number of hydrogen-bond donors (Lipinski definition) is 1. The van der Waals surface area contributed by atoms with E-state index in [-0.39, 0.29) is 5.91 Å². The molecule has 1 saturated carbocycles. The molecule has 0 spiro atoms. The molecule has 1 N–H and O–H groups in total. The normalized spacial score (nSPS) is 17.8. The quantitative estimate of drug-likeness (QED) is 0.672. The summed E-state index contributed by atoms with van der Waals surface area (Å²) in [7, 11) is 0. The van der Waals surface area contributed by atoms with Crippen LogP contribution in [-0.2, 0) is 0 Å². The lowest BCUT2D eigenvalue weighted by molar-refractivity contribution is 0.0953. The molecule has 0 radical (unpaired) electrons. The first-order chi connectivity index (χ1) is 10.3. The molecule has 1 amide bonds. The summed E-state index contributed by atoms with van der Waals surface area (Å²) in [4.78, 5) is 12.1. The summed E-state index contributed by atoms with van der Waals surface area (Å²) in [6.07, 6.45) is 6.82. The minimum absolute atomic E-state index is 0.205. The summed E-state index contributed by atoms with van der Waals surface area (Å²) in [5, 5.41) is 4.28.